The van der Waals surface area contributed by atoms with E-state index in [9.17, 15) is 4.79 Å². The molecule has 2 rings (SSSR count). The van der Waals surface area contributed by atoms with E-state index < -0.39 is 0 Å². The van der Waals surface area contributed by atoms with Gasteiger partial charge >= 0.3 is 0 Å². The number of rotatable bonds is 7. The summed E-state index contributed by atoms with van der Waals surface area (Å²) in [6, 6.07) is 7.11. The van der Waals surface area contributed by atoms with Crippen LogP contribution in [0.1, 0.15) is 11.3 Å². The predicted molar refractivity (Wildman–Crippen MR) is 86.7 cm³/mol. The molecule has 3 N–H and O–H groups in total. The lowest BCUT2D eigenvalue weighted by atomic mass is 10.2. The normalized spacial score (nSPS) is 10.1. The highest BCUT2D eigenvalue weighted by Gasteiger charge is 2.08. The number of para-hydroxylation sites is 1. The van der Waals surface area contributed by atoms with Gasteiger partial charge < -0.3 is 15.8 Å². The summed E-state index contributed by atoms with van der Waals surface area (Å²) in [6.07, 6.45) is 0.707. The molecular formula is C14H15N3O2S2. The van der Waals surface area contributed by atoms with Crippen molar-refractivity contribution < 1.29 is 9.53 Å². The number of carbonyl (C=O) groups is 1. The number of nitrogens with zero attached hydrogens (tertiary/aromatic N) is 1. The SMILES string of the molecule is NC(=S)c1ccccc1OCC(=O)NCCc1cscn1. The number of benzene rings is 1. The second kappa shape index (κ2) is 7.70. The van der Waals surface area contributed by atoms with Gasteiger partial charge in [0.15, 0.2) is 6.61 Å². The third-order valence-electron chi connectivity index (χ3n) is 2.70. The van der Waals surface area contributed by atoms with Gasteiger partial charge in [0.1, 0.15) is 10.7 Å². The van der Waals surface area contributed by atoms with Crippen molar-refractivity contribution in [1.29, 1.82) is 0 Å². The molecule has 1 amide bonds. The molecule has 0 saturated heterocycles. The average Bonchev–Trinajstić information content (AvgIpc) is 2.98. The first kappa shape index (κ1) is 15.4. The van der Waals surface area contributed by atoms with Crippen LogP contribution in [0.2, 0.25) is 0 Å². The molecule has 0 unspecified atom stereocenters. The van der Waals surface area contributed by atoms with E-state index in [1.165, 1.54) is 11.3 Å². The Bertz CT molecular complexity index is 614. The van der Waals surface area contributed by atoms with Gasteiger partial charge in [-0.1, -0.05) is 24.4 Å². The van der Waals surface area contributed by atoms with Crippen LogP contribution in [-0.2, 0) is 11.2 Å². The number of carbonyl (C=O) groups excluding carboxylic acids is 1. The van der Waals surface area contributed by atoms with Crippen LogP contribution in [0.15, 0.2) is 35.2 Å². The summed E-state index contributed by atoms with van der Waals surface area (Å²) < 4.78 is 5.45. The molecule has 0 aliphatic heterocycles. The zero-order chi connectivity index (χ0) is 15.1. The van der Waals surface area contributed by atoms with Crippen molar-refractivity contribution in [1.82, 2.24) is 10.3 Å². The van der Waals surface area contributed by atoms with E-state index in [-0.39, 0.29) is 17.5 Å². The highest BCUT2D eigenvalue weighted by molar-refractivity contribution is 7.80. The van der Waals surface area contributed by atoms with Crippen LogP contribution < -0.4 is 15.8 Å². The minimum atomic E-state index is -0.192. The molecule has 110 valence electrons. The van der Waals surface area contributed by atoms with E-state index in [0.29, 0.717) is 24.3 Å². The first-order valence-electron chi connectivity index (χ1n) is 6.32. The highest BCUT2D eigenvalue weighted by Crippen LogP contribution is 2.17. The molecule has 0 saturated carbocycles. The summed E-state index contributed by atoms with van der Waals surface area (Å²) >= 11 is 6.47. The quantitative estimate of drug-likeness (QED) is 0.756. The van der Waals surface area contributed by atoms with Crippen molar-refractivity contribution >= 4 is 34.5 Å². The summed E-state index contributed by atoms with van der Waals surface area (Å²) in [5, 5.41) is 4.74. The molecule has 2 aromatic rings. The third-order valence-corrected chi connectivity index (χ3v) is 3.55. The van der Waals surface area contributed by atoms with E-state index in [0.717, 1.165) is 5.69 Å². The maximum absolute atomic E-state index is 11.7. The smallest absolute Gasteiger partial charge is 0.257 e. The molecule has 0 bridgehead atoms. The van der Waals surface area contributed by atoms with Crippen LogP contribution in [-0.4, -0.2) is 29.0 Å². The minimum Gasteiger partial charge on any atom is -0.483 e. The molecule has 0 aliphatic rings. The maximum atomic E-state index is 11.7. The van der Waals surface area contributed by atoms with Crippen molar-refractivity contribution in [3.8, 4) is 5.75 Å². The largest absolute Gasteiger partial charge is 0.483 e. The lowest BCUT2D eigenvalue weighted by Gasteiger charge is -2.10. The molecule has 0 spiro atoms. The Labute approximate surface area is 132 Å². The fourth-order valence-corrected chi connectivity index (χ4v) is 2.44. The van der Waals surface area contributed by atoms with Gasteiger partial charge in [-0.25, -0.2) is 4.98 Å². The van der Waals surface area contributed by atoms with Crippen LogP contribution in [0.5, 0.6) is 5.75 Å². The molecule has 1 aromatic heterocycles. The van der Waals surface area contributed by atoms with Crippen LogP contribution in [0.3, 0.4) is 0 Å². The fourth-order valence-electron chi connectivity index (χ4n) is 1.68. The summed E-state index contributed by atoms with van der Waals surface area (Å²) in [5.74, 6) is 0.322. The summed E-state index contributed by atoms with van der Waals surface area (Å²) in [6.45, 7) is 0.458. The zero-order valence-corrected chi connectivity index (χ0v) is 12.9. The second-order valence-corrected chi connectivity index (χ2v) is 5.39. The van der Waals surface area contributed by atoms with E-state index >= 15 is 0 Å². The topological polar surface area (TPSA) is 77.2 Å². The summed E-state index contributed by atoms with van der Waals surface area (Å²) in [5.41, 5.74) is 8.97. The van der Waals surface area contributed by atoms with E-state index in [1.54, 1.807) is 23.7 Å². The number of nitrogens with one attached hydrogen (secondary N) is 1. The minimum absolute atomic E-state index is 0.0727. The molecule has 0 radical (unpaired) electrons. The van der Waals surface area contributed by atoms with Crippen molar-refractivity contribution in [2.45, 2.75) is 6.42 Å². The third kappa shape index (κ3) is 4.80. The number of thiocarbonyl (C=S) groups is 1. The van der Waals surface area contributed by atoms with Crippen molar-refractivity contribution in [3.63, 3.8) is 0 Å². The van der Waals surface area contributed by atoms with E-state index in [1.807, 2.05) is 11.4 Å². The molecule has 1 heterocycles. The Morgan fingerprint density at radius 2 is 2.24 bits per heavy atom. The molecule has 5 nitrogen and oxygen atoms in total. The molecule has 7 heteroatoms. The number of nitrogens with two attached hydrogens (primary N) is 1. The Morgan fingerprint density at radius 3 is 2.95 bits per heavy atom. The fraction of sp³-hybridized carbons (Fsp3) is 0.214. The van der Waals surface area contributed by atoms with E-state index in [2.05, 4.69) is 10.3 Å². The van der Waals surface area contributed by atoms with Crippen molar-refractivity contribution in [2.75, 3.05) is 13.2 Å². The standard InChI is InChI=1S/C14H15N3O2S2/c15-14(20)11-3-1-2-4-12(11)19-7-13(18)16-6-5-10-8-21-9-17-10/h1-4,8-9H,5-7H2,(H2,15,20)(H,16,18). The monoisotopic (exact) mass is 321 g/mol. The Kier molecular flexibility index (Phi) is 5.65. The van der Waals surface area contributed by atoms with Crippen LogP contribution in [0.25, 0.3) is 0 Å². The summed E-state index contributed by atoms with van der Waals surface area (Å²) in [7, 11) is 0. The van der Waals surface area contributed by atoms with Gasteiger partial charge in [0, 0.05) is 18.3 Å². The van der Waals surface area contributed by atoms with Gasteiger partial charge in [-0.2, -0.15) is 0 Å². The Balaban J connectivity index is 1.77. The number of hydrogen-bond donors (Lipinski definition) is 2. The van der Waals surface area contributed by atoms with Crippen LogP contribution in [0, 0.1) is 0 Å². The number of hydrogen-bond acceptors (Lipinski definition) is 5. The second-order valence-electron chi connectivity index (χ2n) is 4.23. The zero-order valence-electron chi connectivity index (χ0n) is 11.2. The van der Waals surface area contributed by atoms with Gasteiger partial charge in [-0.15, -0.1) is 11.3 Å². The molecule has 1 aromatic carbocycles. The Hall–Kier alpha value is -1.99. The van der Waals surface area contributed by atoms with Crippen LogP contribution in [0.4, 0.5) is 0 Å². The van der Waals surface area contributed by atoms with Crippen molar-refractivity contribution in [2.24, 2.45) is 5.73 Å². The molecule has 0 fully saturated rings. The number of ether oxygens (including phenoxy) is 1. The predicted octanol–water partition coefficient (Wildman–Crippen LogP) is 1.52. The number of aromatic nitrogens is 1. The first-order chi connectivity index (χ1) is 10.2. The van der Waals surface area contributed by atoms with Crippen LogP contribution >= 0.6 is 23.6 Å². The van der Waals surface area contributed by atoms with E-state index in [4.69, 9.17) is 22.7 Å². The van der Waals surface area contributed by atoms with Gasteiger partial charge in [0.05, 0.1) is 16.8 Å². The van der Waals surface area contributed by atoms with Gasteiger partial charge in [0.2, 0.25) is 0 Å². The molecular weight excluding hydrogens is 306 g/mol. The van der Waals surface area contributed by atoms with Crippen molar-refractivity contribution in [3.05, 3.63) is 46.4 Å². The number of thiazole rings is 1. The molecule has 0 aliphatic carbocycles. The lowest BCUT2D eigenvalue weighted by molar-refractivity contribution is -0.123. The lowest BCUT2D eigenvalue weighted by Crippen LogP contribution is -2.31. The summed E-state index contributed by atoms with van der Waals surface area (Å²) in [4.78, 5) is 16.1. The molecule has 0 atom stereocenters. The van der Waals surface area contributed by atoms with Gasteiger partial charge in [-0.3, -0.25) is 4.79 Å². The maximum Gasteiger partial charge on any atom is 0.257 e. The molecule has 21 heavy (non-hydrogen) atoms. The average molecular weight is 321 g/mol. The first-order valence-corrected chi connectivity index (χ1v) is 7.67. The van der Waals surface area contributed by atoms with Gasteiger partial charge in [0.25, 0.3) is 5.91 Å². The highest BCUT2D eigenvalue weighted by atomic mass is 32.1. The Morgan fingerprint density at radius 1 is 1.43 bits per heavy atom. The number of amides is 1. The van der Waals surface area contributed by atoms with Gasteiger partial charge in [-0.05, 0) is 12.1 Å².